The fourth-order valence-electron chi connectivity index (χ4n) is 6.60. The zero-order chi connectivity index (χ0) is 37.7. The number of fused-ring (bicyclic) bond motifs is 1. The first-order valence-electron chi connectivity index (χ1n) is 19.7. The summed E-state index contributed by atoms with van der Waals surface area (Å²) in [6.07, 6.45) is 17.3. The van der Waals surface area contributed by atoms with Crippen molar-refractivity contribution in [1.29, 1.82) is 0 Å². The second-order valence-electron chi connectivity index (χ2n) is 14.1. The van der Waals surface area contributed by atoms with Crippen LogP contribution in [-0.4, -0.2) is 75.7 Å². The number of ether oxygens (including phenoxy) is 3. The van der Waals surface area contributed by atoms with Gasteiger partial charge in [-0.15, -0.1) is 0 Å². The predicted molar refractivity (Wildman–Crippen MR) is 211 cm³/mol. The van der Waals surface area contributed by atoms with Gasteiger partial charge in [0.1, 0.15) is 42.4 Å². The number of anilines is 1. The molecule has 6 atom stereocenters. The monoisotopic (exact) mass is 778 g/mol. The van der Waals surface area contributed by atoms with Gasteiger partial charge in [-0.25, -0.2) is 14.1 Å². The molecule has 1 aliphatic rings. The molecule has 1 fully saturated rings. The van der Waals surface area contributed by atoms with E-state index >= 15 is 0 Å². The van der Waals surface area contributed by atoms with Crippen molar-refractivity contribution >= 4 is 30.4 Å². The molecule has 1 saturated heterocycles. The summed E-state index contributed by atoms with van der Waals surface area (Å²) < 4.78 is 43.8. The van der Waals surface area contributed by atoms with Gasteiger partial charge in [0.25, 0.3) is 0 Å². The van der Waals surface area contributed by atoms with Gasteiger partial charge in [-0.2, -0.15) is 5.10 Å². The molecule has 14 heteroatoms. The Labute approximate surface area is 321 Å². The molecule has 0 bridgehead atoms. The van der Waals surface area contributed by atoms with Crippen LogP contribution in [0, 0.1) is 0 Å². The molecule has 298 valence electrons. The third-order valence-corrected chi connectivity index (χ3v) is 11.4. The van der Waals surface area contributed by atoms with Crippen LogP contribution in [0.1, 0.15) is 127 Å². The highest BCUT2D eigenvalue weighted by Crippen LogP contribution is 2.53. The van der Waals surface area contributed by atoms with E-state index in [9.17, 15) is 14.8 Å². The van der Waals surface area contributed by atoms with E-state index in [-0.39, 0.29) is 25.6 Å². The molecule has 0 amide bonds. The molecule has 2 aromatic heterocycles. The number of aromatic nitrogens is 3. The summed E-state index contributed by atoms with van der Waals surface area (Å²) >= 11 is 4.16. The van der Waals surface area contributed by atoms with E-state index in [1.54, 1.807) is 12.1 Å². The molecule has 53 heavy (non-hydrogen) atoms. The Morgan fingerprint density at radius 2 is 1.47 bits per heavy atom. The first-order chi connectivity index (χ1) is 25.8. The smallest absolute Gasteiger partial charge is 0.386 e. The van der Waals surface area contributed by atoms with Crippen molar-refractivity contribution in [1.82, 2.24) is 14.6 Å². The second kappa shape index (κ2) is 24.5. The SMILES string of the molecule is CCCCCCCCCCCCCCCCCCOC[C@H](CO[P@@](=O)(S)OC[C@H]1O[C@@H](c2ccc3c(N)ncnn23)[C@H](O)[C@@H]1O)OCc1ccccc1. The summed E-state index contributed by atoms with van der Waals surface area (Å²) in [5.41, 5.74) is 7.94. The molecule has 3 heterocycles. The van der Waals surface area contributed by atoms with Crippen LogP contribution in [0.4, 0.5) is 5.82 Å². The maximum absolute atomic E-state index is 13.2. The van der Waals surface area contributed by atoms with Gasteiger partial charge >= 0.3 is 6.80 Å². The van der Waals surface area contributed by atoms with Gasteiger partial charge < -0.3 is 30.2 Å². The number of unbranched alkanes of at least 4 members (excludes halogenated alkanes) is 15. The van der Waals surface area contributed by atoms with Crippen molar-refractivity contribution in [3.05, 3.63) is 60.0 Å². The number of hydrogen-bond acceptors (Lipinski definition) is 11. The van der Waals surface area contributed by atoms with Crippen LogP contribution in [0.5, 0.6) is 0 Å². The van der Waals surface area contributed by atoms with Crippen molar-refractivity contribution in [2.75, 3.05) is 32.2 Å². The Balaban J connectivity index is 1.11. The number of thiol groups is 1. The van der Waals surface area contributed by atoms with Gasteiger partial charge in [-0.3, -0.25) is 9.05 Å². The lowest BCUT2D eigenvalue weighted by molar-refractivity contribution is -0.0496. The van der Waals surface area contributed by atoms with Gasteiger partial charge in [0.05, 0.1) is 32.1 Å². The number of aliphatic hydroxyl groups is 2. The normalized spacial score (nSPS) is 20.6. The summed E-state index contributed by atoms with van der Waals surface area (Å²) in [4.78, 5) is 3.97. The minimum Gasteiger partial charge on any atom is -0.387 e. The molecule has 1 aromatic carbocycles. The Morgan fingerprint density at radius 1 is 0.849 bits per heavy atom. The first-order valence-corrected chi connectivity index (χ1v) is 22.4. The van der Waals surface area contributed by atoms with Crippen molar-refractivity contribution in [2.45, 2.75) is 147 Å². The van der Waals surface area contributed by atoms with Crippen LogP contribution < -0.4 is 5.73 Å². The quantitative estimate of drug-likeness (QED) is 0.0304. The Hall–Kier alpha value is -2.06. The van der Waals surface area contributed by atoms with Crippen LogP contribution in [0.15, 0.2) is 48.8 Å². The zero-order valence-electron chi connectivity index (χ0n) is 31.5. The van der Waals surface area contributed by atoms with Crippen LogP contribution in [0.2, 0.25) is 0 Å². The first kappa shape index (κ1) is 43.7. The maximum atomic E-state index is 13.2. The summed E-state index contributed by atoms with van der Waals surface area (Å²) in [5, 5.41) is 25.7. The highest BCUT2D eigenvalue weighted by Gasteiger charge is 2.45. The molecule has 0 saturated carbocycles. The van der Waals surface area contributed by atoms with Gasteiger partial charge in [-0.05, 0) is 24.1 Å². The Morgan fingerprint density at radius 3 is 2.11 bits per heavy atom. The van der Waals surface area contributed by atoms with Crippen molar-refractivity contribution in [3.63, 3.8) is 0 Å². The lowest BCUT2D eigenvalue weighted by Crippen LogP contribution is -2.33. The molecule has 12 nitrogen and oxygen atoms in total. The summed E-state index contributed by atoms with van der Waals surface area (Å²) in [7, 11) is 0. The average Bonchev–Trinajstić information content (AvgIpc) is 3.72. The largest absolute Gasteiger partial charge is 0.387 e. The maximum Gasteiger partial charge on any atom is 0.386 e. The van der Waals surface area contributed by atoms with Crippen molar-refractivity contribution in [3.8, 4) is 0 Å². The van der Waals surface area contributed by atoms with Crippen LogP contribution >= 0.6 is 19.0 Å². The molecule has 0 spiro atoms. The molecule has 4 N–H and O–H groups in total. The third kappa shape index (κ3) is 15.5. The highest BCUT2D eigenvalue weighted by atomic mass is 32.7. The standard InChI is InChI=1S/C39H63N4O8PS/c1-2-3-4-5-6-7-8-9-10-11-12-13-14-15-16-20-25-47-27-32(48-26-31-21-18-17-19-22-31)28-49-52(46,53)50-29-35-36(44)37(45)38(51-35)33-23-24-34-39(40)41-30-42-43(33)34/h17-19,21-24,30,32,35-38,44-45H,2-16,20,25-29H2,1H3,(H,46,53)(H2,40,41,42)/t32-,35-,36-,37-,38+,52-/m1/s1. The number of nitrogens with two attached hydrogens (primary N) is 1. The fourth-order valence-corrected chi connectivity index (χ4v) is 7.77. The summed E-state index contributed by atoms with van der Waals surface area (Å²) in [5.74, 6) is 0.268. The van der Waals surface area contributed by atoms with Gasteiger partial charge in [0.15, 0.2) is 5.82 Å². The molecular formula is C39H63N4O8PS. The minimum atomic E-state index is -3.90. The van der Waals surface area contributed by atoms with Crippen LogP contribution in [0.3, 0.4) is 0 Å². The fraction of sp³-hybridized carbons (Fsp3) is 0.692. The lowest BCUT2D eigenvalue weighted by atomic mass is 10.0. The van der Waals surface area contributed by atoms with Crippen molar-refractivity contribution in [2.24, 2.45) is 0 Å². The number of nitrogen functional groups attached to an aromatic ring is 1. The second-order valence-corrected chi connectivity index (χ2v) is 17.1. The molecular weight excluding hydrogens is 715 g/mol. The van der Waals surface area contributed by atoms with E-state index in [1.165, 1.54) is 101 Å². The summed E-state index contributed by atoms with van der Waals surface area (Å²) in [6, 6.07) is 13.2. The number of nitrogens with zero attached hydrogens (tertiary/aromatic N) is 3. The number of rotatable bonds is 29. The molecule has 3 aromatic rings. The van der Waals surface area contributed by atoms with Gasteiger partial charge in [-0.1, -0.05) is 146 Å². The third-order valence-electron chi connectivity index (χ3n) is 9.77. The van der Waals surface area contributed by atoms with Gasteiger partial charge in [0, 0.05) is 6.61 Å². The number of benzene rings is 1. The Bertz CT molecular complexity index is 1470. The van der Waals surface area contributed by atoms with Crippen LogP contribution in [-0.2, 0) is 34.4 Å². The molecule has 0 radical (unpaired) electrons. The summed E-state index contributed by atoms with van der Waals surface area (Å²) in [6.45, 7) is -0.841. The van der Waals surface area contributed by atoms with E-state index in [4.69, 9.17) is 29.0 Å². The number of aliphatic hydroxyl groups excluding tert-OH is 2. The highest BCUT2D eigenvalue weighted by molar-refractivity contribution is 8.44. The van der Waals surface area contributed by atoms with Crippen LogP contribution in [0.25, 0.3) is 5.52 Å². The lowest BCUT2D eigenvalue weighted by Gasteiger charge is -2.22. The number of hydrogen-bond donors (Lipinski definition) is 4. The van der Waals surface area contributed by atoms with E-state index in [1.807, 2.05) is 30.3 Å². The molecule has 4 rings (SSSR count). The molecule has 0 aliphatic carbocycles. The molecule has 0 unspecified atom stereocenters. The minimum absolute atomic E-state index is 0.0802. The van der Waals surface area contributed by atoms with E-state index in [0.717, 1.165) is 18.4 Å². The van der Waals surface area contributed by atoms with Crippen molar-refractivity contribution < 1.29 is 38.0 Å². The predicted octanol–water partition coefficient (Wildman–Crippen LogP) is 8.41. The topological polar surface area (TPSA) is 160 Å². The average molecular weight is 779 g/mol. The zero-order valence-corrected chi connectivity index (χ0v) is 33.3. The van der Waals surface area contributed by atoms with E-state index < -0.39 is 37.3 Å². The van der Waals surface area contributed by atoms with E-state index in [2.05, 4.69) is 29.3 Å². The Kier molecular flexibility index (Phi) is 20.1. The molecule has 1 aliphatic heterocycles. The van der Waals surface area contributed by atoms with E-state index in [0.29, 0.717) is 24.4 Å². The van der Waals surface area contributed by atoms with Gasteiger partial charge in [0.2, 0.25) is 0 Å².